The van der Waals surface area contributed by atoms with Gasteiger partial charge in [-0.05, 0) is 38.4 Å². The van der Waals surface area contributed by atoms with Gasteiger partial charge in [-0.2, -0.15) is 0 Å². The number of nitrogens with zero attached hydrogens (tertiary/aromatic N) is 1. The minimum Gasteiger partial charge on any atom is -0.315 e. The van der Waals surface area contributed by atoms with Crippen LogP contribution in [0.3, 0.4) is 0 Å². The Morgan fingerprint density at radius 2 is 2.47 bits per heavy atom. The summed E-state index contributed by atoms with van der Waals surface area (Å²) in [6, 6.07) is 7.01. The Labute approximate surface area is 91.3 Å². The van der Waals surface area contributed by atoms with E-state index in [1.807, 2.05) is 18.3 Å². The van der Waals surface area contributed by atoms with Crippen LogP contribution in [0.4, 0.5) is 0 Å². The van der Waals surface area contributed by atoms with Gasteiger partial charge in [0.05, 0.1) is 5.69 Å². The maximum Gasteiger partial charge on any atom is 0.0570 e. The van der Waals surface area contributed by atoms with Gasteiger partial charge in [0.15, 0.2) is 0 Å². The highest BCUT2D eigenvalue weighted by Crippen LogP contribution is 2.11. The van der Waals surface area contributed by atoms with Gasteiger partial charge in [0.25, 0.3) is 0 Å². The Bertz CT molecular complexity index is 280. The predicted molar refractivity (Wildman–Crippen MR) is 61.7 cm³/mol. The fraction of sp³-hybridized carbons (Fsp3) is 0.583. The molecule has 0 aliphatic carbocycles. The Hall–Kier alpha value is -0.930. The van der Waals surface area contributed by atoms with E-state index in [2.05, 4.69) is 28.6 Å². The molecule has 1 aromatic heterocycles. The molecule has 1 aliphatic heterocycles. The van der Waals surface area contributed by atoms with Gasteiger partial charge in [-0.15, -0.1) is 0 Å². The van der Waals surface area contributed by atoms with Crippen LogP contribution in [0.15, 0.2) is 24.4 Å². The first kappa shape index (κ1) is 10.6. The van der Waals surface area contributed by atoms with Crippen LogP contribution in [0.25, 0.3) is 0 Å². The van der Waals surface area contributed by atoms with Gasteiger partial charge in [0, 0.05) is 24.8 Å². The number of hydrogen-bond donors (Lipinski definition) is 2. The van der Waals surface area contributed by atoms with Crippen molar-refractivity contribution < 1.29 is 0 Å². The summed E-state index contributed by atoms with van der Waals surface area (Å²) in [7, 11) is 0. The number of hydrogen-bond acceptors (Lipinski definition) is 3. The third kappa shape index (κ3) is 3.01. The van der Waals surface area contributed by atoms with Crippen molar-refractivity contribution in [2.45, 2.75) is 31.8 Å². The molecule has 1 saturated heterocycles. The molecule has 15 heavy (non-hydrogen) atoms. The quantitative estimate of drug-likeness (QED) is 0.785. The van der Waals surface area contributed by atoms with Crippen LogP contribution in [0.5, 0.6) is 0 Å². The molecular formula is C12H19N3. The first-order valence-corrected chi connectivity index (χ1v) is 5.74. The van der Waals surface area contributed by atoms with E-state index in [4.69, 9.17) is 0 Å². The molecule has 1 aliphatic rings. The molecule has 0 saturated carbocycles. The lowest BCUT2D eigenvalue weighted by Crippen LogP contribution is -2.44. The lowest BCUT2D eigenvalue weighted by molar-refractivity contribution is 0.359. The van der Waals surface area contributed by atoms with Crippen molar-refractivity contribution in [1.82, 2.24) is 15.6 Å². The smallest absolute Gasteiger partial charge is 0.0570 e. The van der Waals surface area contributed by atoms with Gasteiger partial charge in [-0.1, -0.05) is 6.07 Å². The zero-order chi connectivity index (χ0) is 10.5. The van der Waals surface area contributed by atoms with Crippen molar-refractivity contribution in [2.75, 3.05) is 13.1 Å². The fourth-order valence-corrected chi connectivity index (χ4v) is 2.07. The van der Waals surface area contributed by atoms with Crippen LogP contribution in [0, 0.1) is 0 Å². The Balaban J connectivity index is 1.88. The predicted octanol–water partition coefficient (Wildman–Crippen LogP) is 1.48. The minimum absolute atomic E-state index is 0.344. The van der Waals surface area contributed by atoms with E-state index >= 15 is 0 Å². The summed E-state index contributed by atoms with van der Waals surface area (Å²) in [4.78, 5) is 4.36. The van der Waals surface area contributed by atoms with Gasteiger partial charge in [0.1, 0.15) is 0 Å². The maximum atomic E-state index is 4.36. The summed E-state index contributed by atoms with van der Waals surface area (Å²) in [5, 5.41) is 7.02. The van der Waals surface area contributed by atoms with E-state index in [9.17, 15) is 0 Å². The van der Waals surface area contributed by atoms with Crippen LogP contribution in [-0.2, 0) is 0 Å². The van der Waals surface area contributed by atoms with Crippen molar-refractivity contribution in [3.05, 3.63) is 30.1 Å². The van der Waals surface area contributed by atoms with E-state index in [0.717, 1.165) is 18.8 Å². The molecule has 2 heterocycles. The molecule has 1 fully saturated rings. The van der Waals surface area contributed by atoms with Gasteiger partial charge in [-0.3, -0.25) is 4.98 Å². The number of pyridine rings is 1. The molecule has 1 aromatic rings. The molecule has 0 spiro atoms. The van der Waals surface area contributed by atoms with Crippen LogP contribution in [-0.4, -0.2) is 24.1 Å². The molecule has 0 amide bonds. The highest BCUT2D eigenvalue weighted by Gasteiger charge is 2.16. The molecule has 82 valence electrons. The third-order valence-electron chi connectivity index (χ3n) is 2.91. The van der Waals surface area contributed by atoms with Gasteiger partial charge in [-0.25, -0.2) is 0 Å². The molecule has 0 bridgehead atoms. The average molecular weight is 205 g/mol. The highest BCUT2D eigenvalue weighted by atomic mass is 15.0. The van der Waals surface area contributed by atoms with Crippen molar-refractivity contribution in [3.8, 4) is 0 Å². The monoisotopic (exact) mass is 205 g/mol. The molecule has 2 atom stereocenters. The SMILES string of the molecule is CC(NC1CCCNC1)c1ccccn1. The molecule has 2 N–H and O–H groups in total. The van der Waals surface area contributed by atoms with Crippen molar-refractivity contribution >= 4 is 0 Å². The maximum absolute atomic E-state index is 4.36. The second kappa shape index (κ2) is 5.24. The zero-order valence-electron chi connectivity index (χ0n) is 9.24. The first-order chi connectivity index (χ1) is 7.36. The van der Waals surface area contributed by atoms with Crippen molar-refractivity contribution in [3.63, 3.8) is 0 Å². The number of aromatic nitrogens is 1. The Kier molecular flexibility index (Phi) is 3.69. The first-order valence-electron chi connectivity index (χ1n) is 5.74. The van der Waals surface area contributed by atoms with Crippen molar-refractivity contribution in [2.24, 2.45) is 0 Å². The van der Waals surface area contributed by atoms with Gasteiger partial charge >= 0.3 is 0 Å². The molecular weight excluding hydrogens is 186 g/mol. The van der Waals surface area contributed by atoms with Crippen LogP contribution < -0.4 is 10.6 Å². The largest absolute Gasteiger partial charge is 0.315 e. The van der Waals surface area contributed by atoms with Gasteiger partial charge < -0.3 is 10.6 Å². The second-order valence-corrected chi connectivity index (χ2v) is 4.19. The normalized spacial score (nSPS) is 23.7. The van der Waals surface area contributed by atoms with E-state index in [-0.39, 0.29) is 0 Å². The molecule has 2 rings (SSSR count). The summed E-state index contributed by atoms with van der Waals surface area (Å²) < 4.78 is 0. The number of piperidine rings is 1. The summed E-state index contributed by atoms with van der Waals surface area (Å²) >= 11 is 0. The molecule has 0 aromatic carbocycles. The summed E-state index contributed by atoms with van der Waals surface area (Å²) in [6.45, 7) is 4.42. The lowest BCUT2D eigenvalue weighted by Gasteiger charge is -2.27. The van der Waals surface area contributed by atoms with E-state index in [1.165, 1.54) is 12.8 Å². The molecule has 0 radical (unpaired) electrons. The molecule has 3 nitrogen and oxygen atoms in total. The third-order valence-corrected chi connectivity index (χ3v) is 2.91. The standard InChI is InChI=1S/C12H19N3/c1-10(12-6-2-3-8-14-12)15-11-5-4-7-13-9-11/h2-3,6,8,10-11,13,15H,4-5,7,9H2,1H3. The summed E-state index contributed by atoms with van der Waals surface area (Å²) in [6.07, 6.45) is 4.39. The van der Waals surface area contributed by atoms with Crippen LogP contribution in [0.2, 0.25) is 0 Å². The topological polar surface area (TPSA) is 37.0 Å². The molecule has 2 unspecified atom stereocenters. The van der Waals surface area contributed by atoms with Crippen LogP contribution >= 0.6 is 0 Å². The summed E-state index contributed by atoms with van der Waals surface area (Å²) in [5.41, 5.74) is 1.13. The fourth-order valence-electron chi connectivity index (χ4n) is 2.07. The lowest BCUT2D eigenvalue weighted by atomic mass is 10.1. The highest BCUT2D eigenvalue weighted by molar-refractivity contribution is 5.08. The number of nitrogens with one attached hydrogen (secondary N) is 2. The second-order valence-electron chi connectivity index (χ2n) is 4.19. The van der Waals surface area contributed by atoms with E-state index in [0.29, 0.717) is 12.1 Å². The average Bonchev–Trinajstić information content (AvgIpc) is 2.31. The Morgan fingerprint density at radius 1 is 1.53 bits per heavy atom. The molecule has 3 heteroatoms. The van der Waals surface area contributed by atoms with Crippen molar-refractivity contribution in [1.29, 1.82) is 0 Å². The van der Waals surface area contributed by atoms with E-state index < -0.39 is 0 Å². The Morgan fingerprint density at radius 3 is 3.13 bits per heavy atom. The zero-order valence-corrected chi connectivity index (χ0v) is 9.24. The van der Waals surface area contributed by atoms with E-state index in [1.54, 1.807) is 0 Å². The summed E-state index contributed by atoms with van der Waals surface area (Å²) in [5.74, 6) is 0. The van der Waals surface area contributed by atoms with Crippen LogP contribution in [0.1, 0.15) is 31.5 Å². The minimum atomic E-state index is 0.344. The number of rotatable bonds is 3. The van der Waals surface area contributed by atoms with Gasteiger partial charge in [0.2, 0.25) is 0 Å².